The second-order valence-electron chi connectivity index (χ2n) is 1.73. The zero-order chi connectivity index (χ0) is 8.27. The molecule has 58 valence electrons. The van der Waals surface area contributed by atoms with Gasteiger partial charge in [-0.2, -0.15) is 0 Å². The lowest BCUT2D eigenvalue weighted by atomic mass is 10.4. The number of amides is 1. The first-order valence-electron chi connectivity index (χ1n) is 2.77. The monoisotopic (exact) mass is 156 g/mol. The number of carbonyl (C=O) groups excluding carboxylic acids is 1. The number of ether oxygens (including phenoxy) is 1. The summed E-state index contributed by atoms with van der Waals surface area (Å²) in [5.41, 5.74) is 4.65. The molecule has 0 fully saturated rings. The van der Waals surface area contributed by atoms with Crippen LogP contribution >= 0.6 is 0 Å². The normalized spacial score (nSPS) is 9.18. The van der Waals surface area contributed by atoms with Crippen LogP contribution in [0.1, 0.15) is 0 Å². The second kappa shape index (κ2) is 2.96. The molecule has 1 aromatic heterocycles. The molecule has 0 spiro atoms. The Morgan fingerprint density at radius 2 is 2.45 bits per heavy atom. The molecule has 1 rings (SSSR count). The van der Waals surface area contributed by atoms with Gasteiger partial charge in [-0.15, -0.1) is 0 Å². The van der Waals surface area contributed by atoms with Crippen molar-refractivity contribution in [3.63, 3.8) is 0 Å². The van der Waals surface area contributed by atoms with Crippen molar-refractivity contribution in [1.82, 2.24) is 4.98 Å². The fourth-order valence-electron chi connectivity index (χ4n) is 0.554. The molecule has 4 nitrogen and oxygen atoms in total. The molecule has 1 aromatic rings. The van der Waals surface area contributed by atoms with Gasteiger partial charge in [0.15, 0.2) is 11.6 Å². The number of hydrogen-bond donors (Lipinski definition) is 1. The van der Waals surface area contributed by atoms with E-state index in [1.54, 1.807) is 0 Å². The van der Waals surface area contributed by atoms with Crippen molar-refractivity contribution in [2.24, 2.45) is 5.73 Å². The third-order valence-electron chi connectivity index (χ3n) is 0.946. The first kappa shape index (κ1) is 7.46. The van der Waals surface area contributed by atoms with Crippen molar-refractivity contribution in [2.45, 2.75) is 0 Å². The summed E-state index contributed by atoms with van der Waals surface area (Å²) in [6.45, 7) is 0. The zero-order valence-corrected chi connectivity index (χ0v) is 5.45. The van der Waals surface area contributed by atoms with E-state index in [0.717, 1.165) is 6.20 Å². The van der Waals surface area contributed by atoms with Crippen LogP contribution in [0.4, 0.5) is 9.18 Å². The Balaban J connectivity index is 2.86. The minimum atomic E-state index is -1.05. The highest BCUT2D eigenvalue weighted by atomic mass is 19.1. The Morgan fingerprint density at radius 3 is 3.00 bits per heavy atom. The van der Waals surface area contributed by atoms with E-state index in [2.05, 4.69) is 15.5 Å². The lowest BCUT2D eigenvalue weighted by Gasteiger charge is -1.99. The average Bonchev–Trinajstić information content (AvgIpc) is 1.93. The highest BCUT2D eigenvalue weighted by Gasteiger charge is 2.03. The number of rotatable bonds is 1. The van der Waals surface area contributed by atoms with Crippen LogP contribution in [0.5, 0.6) is 5.75 Å². The molecule has 0 unspecified atom stereocenters. The third kappa shape index (κ3) is 1.89. The third-order valence-corrected chi connectivity index (χ3v) is 0.946. The van der Waals surface area contributed by atoms with Crippen molar-refractivity contribution >= 4 is 6.09 Å². The van der Waals surface area contributed by atoms with Crippen molar-refractivity contribution in [2.75, 3.05) is 0 Å². The number of pyridine rings is 1. The van der Waals surface area contributed by atoms with E-state index in [1.807, 2.05) is 0 Å². The van der Waals surface area contributed by atoms with E-state index < -0.39 is 11.9 Å². The van der Waals surface area contributed by atoms with Gasteiger partial charge in [-0.3, -0.25) is 4.98 Å². The number of carbonyl (C=O) groups is 1. The van der Waals surface area contributed by atoms with E-state index in [1.165, 1.54) is 12.3 Å². The largest absolute Gasteiger partial charge is 0.410 e. The first-order chi connectivity index (χ1) is 5.20. The molecule has 0 saturated carbocycles. The first-order valence-corrected chi connectivity index (χ1v) is 2.77. The smallest absolute Gasteiger partial charge is 0.407 e. The second-order valence-corrected chi connectivity index (χ2v) is 1.73. The van der Waals surface area contributed by atoms with Crippen LogP contribution in [0, 0.1) is 5.82 Å². The molecule has 0 saturated heterocycles. The van der Waals surface area contributed by atoms with Crippen LogP contribution in [-0.4, -0.2) is 11.1 Å². The number of aromatic nitrogens is 1. The van der Waals surface area contributed by atoms with E-state index in [-0.39, 0.29) is 5.75 Å². The Labute approximate surface area is 61.8 Å². The number of nitrogens with two attached hydrogens (primary N) is 1. The molecule has 0 aliphatic heterocycles. The Hall–Kier alpha value is -1.65. The minimum Gasteiger partial charge on any atom is -0.407 e. The molecule has 0 aliphatic rings. The highest BCUT2D eigenvalue weighted by molar-refractivity contribution is 5.67. The molecular formula is C6H5FN2O2. The quantitative estimate of drug-likeness (QED) is 0.650. The predicted molar refractivity (Wildman–Crippen MR) is 34.4 cm³/mol. The van der Waals surface area contributed by atoms with Crippen LogP contribution in [0.2, 0.25) is 0 Å². The molecule has 0 radical (unpaired) electrons. The summed E-state index contributed by atoms with van der Waals surface area (Å²) in [6, 6.07) is 1.21. The Morgan fingerprint density at radius 1 is 1.73 bits per heavy atom. The topological polar surface area (TPSA) is 65.2 Å². The molecule has 0 aliphatic carbocycles. The standard InChI is InChI=1S/C6H5FN2O2/c7-4-3-9-2-1-5(4)11-6(8)10/h1-3H,(H2,8,10). The van der Waals surface area contributed by atoms with Gasteiger partial charge in [0.25, 0.3) is 0 Å². The summed E-state index contributed by atoms with van der Waals surface area (Å²) in [5, 5.41) is 0. The zero-order valence-electron chi connectivity index (χ0n) is 5.45. The summed E-state index contributed by atoms with van der Waals surface area (Å²) in [4.78, 5) is 13.6. The minimum absolute atomic E-state index is 0.215. The highest BCUT2D eigenvalue weighted by Crippen LogP contribution is 2.13. The van der Waals surface area contributed by atoms with Crippen molar-refractivity contribution in [3.05, 3.63) is 24.3 Å². The average molecular weight is 156 g/mol. The lowest BCUT2D eigenvalue weighted by Crippen LogP contribution is -2.16. The summed E-state index contributed by atoms with van der Waals surface area (Å²) in [7, 11) is 0. The van der Waals surface area contributed by atoms with Gasteiger partial charge in [0.05, 0.1) is 6.20 Å². The summed E-state index contributed by atoms with van der Waals surface area (Å²) in [5.74, 6) is -0.932. The van der Waals surface area contributed by atoms with Gasteiger partial charge in [-0.1, -0.05) is 0 Å². The fraction of sp³-hybridized carbons (Fsp3) is 0. The van der Waals surface area contributed by atoms with E-state index in [0.29, 0.717) is 0 Å². The fourth-order valence-corrected chi connectivity index (χ4v) is 0.554. The maximum Gasteiger partial charge on any atom is 0.410 e. The van der Waals surface area contributed by atoms with Gasteiger partial charge >= 0.3 is 6.09 Å². The number of nitrogens with zero attached hydrogens (tertiary/aromatic N) is 1. The molecule has 0 aromatic carbocycles. The van der Waals surface area contributed by atoms with Crippen LogP contribution in [0.25, 0.3) is 0 Å². The van der Waals surface area contributed by atoms with Crippen LogP contribution < -0.4 is 10.5 Å². The molecule has 1 amide bonds. The van der Waals surface area contributed by atoms with Crippen molar-refractivity contribution in [3.8, 4) is 5.75 Å². The SMILES string of the molecule is NC(=O)Oc1ccncc1F. The van der Waals surface area contributed by atoms with Crippen molar-refractivity contribution < 1.29 is 13.9 Å². The molecular weight excluding hydrogens is 151 g/mol. The van der Waals surface area contributed by atoms with E-state index in [4.69, 9.17) is 0 Å². The molecule has 1 heterocycles. The van der Waals surface area contributed by atoms with Crippen LogP contribution in [0.3, 0.4) is 0 Å². The van der Waals surface area contributed by atoms with Gasteiger partial charge in [0, 0.05) is 12.3 Å². The van der Waals surface area contributed by atoms with Gasteiger partial charge in [0.2, 0.25) is 0 Å². The summed E-state index contributed by atoms with van der Waals surface area (Å²) < 4.78 is 16.8. The number of primary amides is 1. The molecule has 5 heteroatoms. The molecule has 0 bridgehead atoms. The Kier molecular flexibility index (Phi) is 2.00. The van der Waals surface area contributed by atoms with Crippen molar-refractivity contribution in [1.29, 1.82) is 0 Å². The summed E-state index contributed by atoms with van der Waals surface area (Å²) >= 11 is 0. The van der Waals surface area contributed by atoms with Gasteiger partial charge < -0.3 is 10.5 Å². The van der Waals surface area contributed by atoms with Gasteiger partial charge in [-0.25, -0.2) is 9.18 Å². The van der Waals surface area contributed by atoms with E-state index >= 15 is 0 Å². The molecule has 11 heavy (non-hydrogen) atoms. The molecule has 2 N–H and O–H groups in total. The Bertz CT molecular complexity index is 277. The van der Waals surface area contributed by atoms with Crippen LogP contribution in [-0.2, 0) is 0 Å². The van der Waals surface area contributed by atoms with Crippen LogP contribution in [0.15, 0.2) is 18.5 Å². The number of hydrogen-bond acceptors (Lipinski definition) is 3. The molecule has 0 atom stereocenters. The van der Waals surface area contributed by atoms with Gasteiger partial charge in [-0.05, 0) is 0 Å². The number of halogens is 1. The maximum absolute atomic E-state index is 12.6. The van der Waals surface area contributed by atoms with Gasteiger partial charge in [0.1, 0.15) is 0 Å². The lowest BCUT2D eigenvalue weighted by molar-refractivity contribution is 0.208. The predicted octanol–water partition coefficient (Wildman–Crippen LogP) is 0.678. The maximum atomic E-state index is 12.6. The summed E-state index contributed by atoms with van der Waals surface area (Å²) in [6.07, 6.45) is 1.18. The van der Waals surface area contributed by atoms with E-state index in [9.17, 15) is 9.18 Å².